The Labute approximate surface area is 118 Å². The molecule has 108 valence electrons. The topological polar surface area (TPSA) is 71.0 Å². The van der Waals surface area contributed by atoms with E-state index in [0.29, 0.717) is 19.6 Å². The summed E-state index contributed by atoms with van der Waals surface area (Å²) in [5.74, 6) is 0. The summed E-state index contributed by atoms with van der Waals surface area (Å²) in [7, 11) is 1.87. The molecule has 1 heterocycles. The van der Waals surface area contributed by atoms with Crippen LogP contribution in [-0.2, 0) is 6.54 Å². The third-order valence-corrected chi connectivity index (χ3v) is 3.22. The summed E-state index contributed by atoms with van der Waals surface area (Å²) in [5.41, 5.74) is 1.08. The van der Waals surface area contributed by atoms with E-state index in [1.807, 2.05) is 49.1 Å². The van der Waals surface area contributed by atoms with Gasteiger partial charge in [-0.05, 0) is 20.0 Å². The van der Waals surface area contributed by atoms with Crippen LogP contribution in [0.25, 0.3) is 10.9 Å². The van der Waals surface area contributed by atoms with Crippen molar-refractivity contribution in [3.05, 3.63) is 30.5 Å². The summed E-state index contributed by atoms with van der Waals surface area (Å²) in [6.45, 7) is 3.82. The lowest BCUT2D eigenvalue weighted by Crippen LogP contribution is -2.43. The van der Waals surface area contributed by atoms with Crippen LogP contribution in [0.5, 0.6) is 0 Å². The third-order valence-electron chi connectivity index (χ3n) is 3.22. The van der Waals surface area contributed by atoms with Crippen molar-refractivity contribution in [2.75, 3.05) is 20.1 Å². The highest BCUT2D eigenvalue weighted by atomic mass is 16.2. The van der Waals surface area contributed by atoms with Crippen LogP contribution in [0.1, 0.15) is 6.92 Å². The zero-order valence-electron chi connectivity index (χ0n) is 11.9. The number of aromatic nitrogens is 2. The highest BCUT2D eigenvalue weighted by molar-refractivity contribution is 5.78. The van der Waals surface area contributed by atoms with Crippen molar-refractivity contribution >= 4 is 16.9 Å². The van der Waals surface area contributed by atoms with Crippen molar-refractivity contribution in [2.24, 2.45) is 0 Å². The molecule has 0 saturated carbocycles. The maximum atomic E-state index is 11.6. The summed E-state index contributed by atoms with van der Waals surface area (Å²) in [5, 5.41) is 14.1. The fourth-order valence-corrected chi connectivity index (χ4v) is 1.89. The van der Waals surface area contributed by atoms with Gasteiger partial charge in [0.2, 0.25) is 0 Å². The van der Waals surface area contributed by atoms with Gasteiger partial charge < -0.3 is 16.0 Å². The van der Waals surface area contributed by atoms with Gasteiger partial charge in [-0.15, -0.1) is 0 Å². The minimum Gasteiger partial charge on any atom is -0.337 e. The number of rotatable bonds is 6. The van der Waals surface area contributed by atoms with Gasteiger partial charge in [0.1, 0.15) is 0 Å². The first kappa shape index (κ1) is 14.3. The van der Waals surface area contributed by atoms with Crippen molar-refractivity contribution < 1.29 is 4.79 Å². The number of nitrogens with one attached hydrogen (secondary N) is 3. The molecule has 0 bridgehead atoms. The average Bonchev–Trinajstić information content (AvgIpc) is 2.88. The van der Waals surface area contributed by atoms with Crippen LogP contribution in [0.2, 0.25) is 0 Å². The SMILES string of the molecule is CNC(C)CNC(=O)NCCn1ncc2ccccc21. The van der Waals surface area contributed by atoms with Gasteiger partial charge in [0.05, 0.1) is 18.3 Å². The first-order valence-electron chi connectivity index (χ1n) is 6.80. The zero-order chi connectivity index (χ0) is 14.4. The molecule has 2 aromatic rings. The van der Waals surface area contributed by atoms with Crippen LogP contribution in [-0.4, -0.2) is 42.0 Å². The minimum absolute atomic E-state index is 0.149. The number of amides is 2. The predicted octanol–water partition coefficient (Wildman–Crippen LogP) is 0.943. The monoisotopic (exact) mass is 275 g/mol. The molecule has 0 aliphatic carbocycles. The maximum absolute atomic E-state index is 11.6. The van der Waals surface area contributed by atoms with Crippen LogP contribution in [0.15, 0.2) is 30.5 Å². The smallest absolute Gasteiger partial charge is 0.314 e. The molecule has 2 amide bonds. The number of urea groups is 1. The van der Waals surface area contributed by atoms with E-state index in [0.717, 1.165) is 10.9 Å². The van der Waals surface area contributed by atoms with E-state index in [9.17, 15) is 4.79 Å². The number of hydrogen-bond donors (Lipinski definition) is 3. The number of benzene rings is 1. The van der Waals surface area contributed by atoms with Crippen molar-refractivity contribution in [1.29, 1.82) is 0 Å². The molecule has 0 aliphatic heterocycles. The van der Waals surface area contributed by atoms with Crippen LogP contribution < -0.4 is 16.0 Å². The first-order chi connectivity index (χ1) is 9.70. The first-order valence-corrected chi connectivity index (χ1v) is 6.80. The number of nitrogens with zero attached hydrogens (tertiary/aromatic N) is 2. The molecule has 6 nitrogen and oxygen atoms in total. The van der Waals surface area contributed by atoms with Crippen LogP contribution >= 0.6 is 0 Å². The molecular formula is C14H21N5O. The Kier molecular flexibility index (Phi) is 4.95. The van der Waals surface area contributed by atoms with Crippen molar-refractivity contribution in [3.63, 3.8) is 0 Å². The molecule has 2 rings (SSSR count). The molecule has 0 aliphatic rings. The van der Waals surface area contributed by atoms with Gasteiger partial charge in [0.25, 0.3) is 0 Å². The Morgan fingerprint density at radius 2 is 2.15 bits per heavy atom. The average molecular weight is 275 g/mol. The molecule has 0 saturated heterocycles. The second-order valence-electron chi connectivity index (χ2n) is 4.75. The number of likely N-dealkylation sites (N-methyl/N-ethyl adjacent to an activating group) is 1. The van der Waals surface area contributed by atoms with E-state index in [2.05, 4.69) is 21.0 Å². The molecule has 6 heteroatoms. The number of hydrogen-bond acceptors (Lipinski definition) is 3. The number of fused-ring (bicyclic) bond motifs is 1. The number of carbonyl (C=O) groups excluding carboxylic acids is 1. The van der Waals surface area contributed by atoms with Gasteiger partial charge in [-0.3, -0.25) is 4.68 Å². The summed E-state index contributed by atoms with van der Waals surface area (Å²) in [6, 6.07) is 8.14. The van der Waals surface area contributed by atoms with Crippen LogP contribution in [0.4, 0.5) is 4.79 Å². The predicted molar refractivity (Wildman–Crippen MR) is 79.7 cm³/mol. The molecule has 0 radical (unpaired) electrons. The van der Waals surface area contributed by atoms with Crippen LogP contribution in [0.3, 0.4) is 0 Å². The normalized spacial score (nSPS) is 12.3. The molecular weight excluding hydrogens is 254 g/mol. The molecule has 1 aromatic heterocycles. The fourth-order valence-electron chi connectivity index (χ4n) is 1.89. The quantitative estimate of drug-likeness (QED) is 0.735. The van der Waals surface area contributed by atoms with Gasteiger partial charge in [-0.25, -0.2) is 4.79 Å². The molecule has 20 heavy (non-hydrogen) atoms. The Balaban J connectivity index is 1.77. The third kappa shape index (κ3) is 3.71. The van der Waals surface area contributed by atoms with E-state index >= 15 is 0 Å². The maximum Gasteiger partial charge on any atom is 0.314 e. The van der Waals surface area contributed by atoms with E-state index in [-0.39, 0.29) is 12.1 Å². The number of carbonyl (C=O) groups is 1. The summed E-state index contributed by atoms with van der Waals surface area (Å²) in [6.07, 6.45) is 1.84. The minimum atomic E-state index is -0.149. The highest BCUT2D eigenvalue weighted by Crippen LogP contribution is 2.11. The molecule has 3 N–H and O–H groups in total. The summed E-state index contributed by atoms with van der Waals surface area (Å²) in [4.78, 5) is 11.6. The van der Waals surface area contributed by atoms with E-state index in [1.165, 1.54) is 0 Å². The Morgan fingerprint density at radius 3 is 2.95 bits per heavy atom. The lowest BCUT2D eigenvalue weighted by molar-refractivity contribution is 0.239. The van der Waals surface area contributed by atoms with E-state index in [4.69, 9.17) is 0 Å². The van der Waals surface area contributed by atoms with Crippen molar-refractivity contribution in [1.82, 2.24) is 25.7 Å². The lowest BCUT2D eigenvalue weighted by Gasteiger charge is -2.12. The second-order valence-corrected chi connectivity index (χ2v) is 4.75. The number of para-hydroxylation sites is 1. The van der Waals surface area contributed by atoms with Gasteiger partial charge >= 0.3 is 6.03 Å². The van der Waals surface area contributed by atoms with Crippen LogP contribution in [0, 0.1) is 0 Å². The summed E-state index contributed by atoms with van der Waals surface area (Å²) >= 11 is 0. The van der Waals surface area contributed by atoms with E-state index < -0.39 is 0 Å². The largest absolute Gasteiger partial charge is 0.337 e. The fraction of sp³-hybridized carbons (Fsp3) is 0.429. The van der Waals surface area contributed by atoms with E-state index in [1.54, 1.807) is 0 Å². The molecule has 1 atom stereocenters. The highest BCUT2D eigenvalue weighted by Gasteiger charge is 2.04. The van der Waals surface area contributed by atoms with Crippen molar-refractivity contribution in [2.45, 2.75) is 19.5 Å². The van der Waals surface area contributed by atoms with Gasteiger partial charge in [0, 0.05) is 24.5 Å². The van der Waals surface area contributed by atoms with Gasteiger partial charge in [-0.2, -0.15) is 5.10 Å². The summed E-state index contributed by atoms with van der Waals surface area (Å²) < 4.78 is 1.89. The Hall–Kier alpha value is -2.08. The Bertz CT molecular complexity index is 565. The lowest BCUT2D eigenvalue weighted by atomic mass is 10.3. The van der Waals surface area contributed by atoms with Crippen molar-refractivity contribution in [3.8, 4) is 0 Å². The molecule has 1 aromatic carbocycles. The zero-order valence-corrected chi connectivity index (χ0v) is 11.9. The molecule has 0 fully saturated rings. The Morgan fingerprint density at radius 1 is 1.35 bits per heavy atom. The van der Waals surface area contributed by atoms with Gasteiger partial charge in [0.15, 0.2) is 0 Å². The molecule has 0 spiro atoms. The second kappa shape index (κ2) is 6.91. The van der Waals surface area contributed by atoms with Gasteiger partial charge in [-0.1, -0.05) is 18.2 Å². The standard InChI is InChI=1S/C14H21N5O/c1-11(15-2)9-17-14(20)16-7-8-19-13-6-4-3-5-12(13)10-18-19/h3-6,10-11,15H,7-9H2,1-2H3,(H2,16,17,20). The molecule has 1 unspecified atom stereocenters.